The van der Waals surface area contributed by atoms with E-state index >= 15 is 0 Å². The van der Waals surface area contributed by atoms with Gasteiger partial charge < -0.3 is 5.73 Å². The van der Waals surface area contributed by atoms with E-state index < -0.39 is 0 Å². The molecule has 2 aromatic heterocycles. The number of nitrogens with one attached hydrogen (secondary N) is 1. The first kappa shape index (κ1) is 10.2. The van der Waals surface area contributed by atoms with Crippen LogP contribution in [0.1, 0.15) is 37.4 Å². The highest BCUT2D eigenvalue weighted by atomic mass is 15.4. The molecular weight excluding hydrogens is 218 g/mol. The topological polar surface area (TPSA) is 98.3 Å². The van der Waals surface area contributed by atoms with Crippen molar-refractivity contribution in [3.63, 3.8) is 0 Å². The summed E-state index contributed by atoms with van der Waals surface area (Å²) in [6.45, 7) is 0. The van der Waals surface area contributed by atoms with Gasteiger partial charge in [-0.3, -0.25) is 5.10 Å². The van der Waals surface area contributed by atoms with Crippen LogP contribution < -0.4 is 5.73 Å². The Labute approximate surface area is 98.5 Å². The molecule has 1 saturated carbocycles. The maximum absolute atomic E-state index is 5.48. The van der Waals surface area contributed by atoms with Crippen LogP contribution in [0.2, 0.25) is 0 Å². The molecule has 0 saturated heterocycles. The lowest BCUT2D eigenvalue weighted by atomic mass is 10.1. The molecule has 3 rings (SSSR count). The van der Waals surface area contributed by atoms with Gasteiger partial charge in [-0.1, -0.05) is 12.8 Å². The van der Waals surface area contributed by atoms with Gasteiger partial charge in [-0.2, -0.15) is 10.1 Å². The molecule has 17 heavy (non-hydrogen) atoms. The molecule has 0 spiro atoms. The van der Waals surface area contributed by atoms with Crippen LogP contribution in [-0.4, -0.2) is 29.9 Å². The van der Waals surface area contributed by atoms with Crippen molar-refractivity contribution >= 4 is 5.95 Å². The number of nitrogens with two attached hydrogens (primary N) is 1. The zero-order valence-corrected chi connectivity index (χ0v) is 9.72. The second-order valence-electron chi connectivity index (χ2n) is 4.44. The number of H-pyrrole nitrogens is 1. The lowest BCUT2D eigenvalue weighted by molar-refractivity contribution is 0.648. The van der Waals surface area contributed by atoms with Gasteiger partial charge in [-0.05, 0) is 12.8 Å². The Kier molecular flexibility index (Phi) is 2.31. The second kappa shape index (κ2) is 3.83. The van der Waals surface area contributed by atoms with Gasteiger partial charge >= 0.3 is 0 Å². The van der Waals surface area contributed by atoms with Crippen LogP contribution in [0, 0.1) is 0 Å². The lowest BCUT2D eigenvalue weighted by Crippen LogP contribution is -1.97. The predicted molar refractivity (Wildman–Crippen MR) is 62.0 cm³/mol. The van der Waals surface area contributed by atoms with E-state index in [-0.39, 0.29) is 5.95 Å². The summed E-state index contributed by atoms with van der Waals surface area (Å²) in [7, 11) is 1.86. The van der Waals surface area contributed by atoms with Crippen LogP contribution in [0.4, 0.5) is 5.95 Å². The van der Waals surface area contributed by atoms with Gasteiger partial charge in [0.2, 0.25) is 5.95 Å². The minimum absolute atomic E-state index is 0.227. The Morgan fingerprint density at radius 3 is 2.71 bits per heavy atom. The largest absolute Gasteiger partial charge is 0.366 e. The number of aromatic nitrogens is 6. The van der Waals surface area contributed by atoms with E-state index in [1.807, 2.05) is 7.05 Å². The molecule has 3 N–H and O–H groups in total. The van der Waals surface area contributed by atoms with Crippen molar-refractivity contribution in [2.45, 2.75) is 31.6 Å². The van der Waals surface area contributed by atoms with Crippen molar-refractivity contribution in [2.24, 2.45) is 7.05 Å². The van der Waals surface area contributed by atoms with Gasteiger partial charge in [-0.15, -0.1) is 5.10 Å². The molecule has 2 aromatic rings. The molecule has 0 unspecified atom stereocenters. The van der Waals surface area contributed by atoms with Gasteiger partial charge in [0.05, 0.1) is 0 Å². The lowest BCUT2D eigenvalue weighted by Gasteiger charge is -2.00. The van der Waals surface area contributed by atoms with E-state index in [2.05, 4.69) is 25.3 Å². The maximum atomic E-state index is 5.48. The Morgan fingerprint density at radius 1 is 1.29 bits per heavy atom. The van der Waals surface area contributed by atoms with Crippen LogP contribution >= 0.6 is 0 Å². The summed E-state index contributed by atoms with van der Waals surface area (Å²) in [4.78, 5) is 8.61. The van der Waals surface area contributed by atoms with Crippen LogP contribution in [-0.2, 0) is 7.05 Å². The Balaban J connectivity index is 1.95. The number of hydrogen-bond acceptors (Lipinski definition) is 5. The summed E-state index contributed by atoms with van der Waals surface area (Å²) < 4.78 is 1.73. The summed E-state index contributed by atoms with van der Waals surface area (Å²) >= 11 is 0. The molecule has 2 heterocycles. The average Bonchev–Trinajstić information content (AvgIpc) is 2.97. The van der Waals surface area contributed by atoms with Crippen molar-refractivity contribution in [1.29, 1.82) is 0 Å². The van der Waals surface area contributed by atoms with E-state index in [0.29, 0.717) is 17.6 Å². The monoisotopic (exact) mass is 233 g/mol. The van der Waals surface area contributed by atoms with E-state index in [4.69, 9.17) is 5.73 Å². The molecule has 7 heteroatoms. The van der Waals surface area contributed by atoms with Crippen molar-refractivity contribution in [3.05, 3.63) is 5.82 Å². The fourth-order valence-electron chi connectivity index (χ4n) is 2.34. The normalized spacial score (nSPS) is 16.8. The molecular formula is C10H15N7. The quantitative estimate of drug-likeness (QED) is 0.800. The smallest absolute Gasteiger partial charge is 0.239 e. The van der Waals surface area contributed by atoms with E-state index in [0.717, 1.165) is 5.82 Å². The Bertz CT molecular complexity index is 520. The van der Waals surface area contributed by atoms with Gasteiger partial charge in [0.15, 0.2) is 17.5 Å². The number of hydrogen-bond donors (Lipinski definition) is 2. The van der Waals surface area contributed by atoms with Crippen molar-refractivity contribution in [3.8, 4) is 11.6 Å². The van der Waals surface area contributed by atoms with E-state index in [9.17, 15) is 0 Å². The standard InChI is InChI=1S/C10H15N7/c1-17-9(8-13-10(11)15-14-8)12-7(16-17)6-4-2-3-5-6/h6H,2-5H2,1H3,(H3,11,13,14,15). The Morgan fingerprint density at radius 2 is 2.06 bits per heavy atom. The molecule has 0 amide bonds. The highest BCUT2D eigenvalue weighted by Gasteiger charge is 2.23. The van der Waals surface area contributed by atoms with Gasteiger partial charge in [0.25, 0.3) is 0 Å². The number of anilines is 1. The molecule has 90 valence electrons. The number of rotatable bonds is 2. The fraction of sp³-hybridized carbons (Fsp3) is 0.600. The minimum atomic E-state index is 0.227. The third kappa shape index (κ3) is 1.77. The highest BCUT2D eigenvalue weighted by Crippen LogP contribution is 2.32. The predicted octanol–water partition coefficient (Wildman–Crippen LogP) is 0.840. The SMILES string of the molecule is Cn1nc(C2CCCC2)nc1-c1nc(N)n[nH]1. The van der Waals surface area contributed by atoms with Crippen LogP contribution in [0.25, 0.3) is 11.6 Å². The first-order valence-corrected chi connectivity index (χ1v) is 5.83. The second-order valence-corrected chi connectivity index (χ2v) is 4.44. The number of nitrogens with zero attached hydrogens (tertiary/aromatic N) is 5. The molecule has 0 bridgehead atoms. The summed E-state index contributed by atoms with van der Waals surface area (Å²) in [5.41, 5.74) is 5.48. The molecule has 1 aliphatic rings. The van der Waals surface area contributed by atoms with E-state index in [1.54, 1.807) is 4.68 Å². The van der Waals surface area contributed by atoms with Crippen LogP contribution in [0.3, 0.4) is 0 Å². The molecule has 0 aromatic carbocycles. The first-order chi connectivity index (χ1) is 8.24. The van der Waals surface area contributed by atoms with Gasteiger partial charge in [-0.25, -0.2) is 9.67 Å². The summed E-state index contributed by atoms with van der Waals surface area (Å²) in [5, 5.41) is 11.0. The zero-order chi connectivity index (χ0) is 11.8. The third-order valence-electron chi connectivity index (χ3n) is 3.21. The van der Waals surface area contributed by atoms with E-state index in [1.165, 1.54) is 25.7 Å². The summed E-state index contributed by atoms with van der Waals surface area (Å²) in [6, 6.07) is 0. The van der Waals surface area contributed by atoms with Crippen molar-refractivity contribution in [1.82, 2.24) is 29.9 Å². The molecule has 0 radical (unpaired) electrons. The summed E-state index contributed by atoms with van der Waals surface area (Å²) in [6.07, 6.45) is 4.91. The molecule has 0 aliphatic heterocycles. The number of nitrogen functional groups attached to an aromatic ring is 1. The third-order valence-corrected chi connectivity index (χ3v) is 3.21. The first-order valence-electron chi connectivity index (χ1n) is 5.83. The highest BCUT2D eigenvalue weighted by molar-refractivity contribution is 5.45. The van der Waals surface area contributed by atoms with Crippen LogP contribution in [0.5, 0.6) is 0 Å². The van der Waals surface area contributed by atoms with Gasteiger partial charge in [0.1, 0.15) is 0 Å². The van der Waals surface area contributed by atoms with Crippen LogP contribution in [0.15, 0.2) is 0 Å². The molecule has 0 atom stereocenters. The van der Waals surface area contributed by atoms with Gasteiger partial charge in [0, 0.05) is 13.0 Å². The zero-order valence-electron chi connectivity index (χ0n) is 9.72. The maximum Gasteiger partial charge on any atom is 0.239 e. The molecule has 7 nitrogen and oxygen atoms in total. The number of aromatic amines is 1. The minimum Gasteiger partial charge on any atom is -0.366 e. The fourth-order valence-corrected chi connectivity index (χ4v) is 2.34. The molecule has 1 aliphatic carbocycles. The van der Waals surface area contributed by atoms with Crippen molar-refractivity contribution in [2.75, 3.05) is 5.73 Å². The Hall–Kier alpha value is -1.92. The average molecular weight is 233 g/mol. The number of aryl methyl sites for hydroxylation is 1. The van der Waals surface area contributed by atoms with Crippen molar-refractivity contribution < 1.29 is 0 Å². The summed E-state index contributed by atoms with van der Waals surface area (Å²) in [5.74, 6) is 2.90. The molecule has 1 fully saturated rings.